The molecule has 1 unspecified atom stereocenters. The van der Waals surface area contributed by atoms with Crippen molar-refractivity contribution in [1.29, 1.82) is 0 Å². The normalized spacial score (nSPS) is 39.6. The van der Waals surface area contributed by atoms with Crippen molar-refractivity contribution in [3.8, 4) is 5.75 Å². The van der Waals surface area contributed by atoms with Crippen LogP contribution in [0.5, 0.6) is 5.75 Å². The molecule has 4 aliphatic rings. The smallest absolute Gasteiger partial charge is 0.115 e. The number of piperidine rings is 1. The van der Waals surface area contributed by atoms with Crippen LogP contribution < -0.4 is 0 Å². The Balaban J connectivity index is 1.64. The minimum atomic E-state index is -0.598. The first kappa shape index (κ1) is 14.3. The molecule has 2 bridgehead atoms. The number of aromatic hydroxyl groups is 1. The average Bonchev–Trinajstić information content (AvgIpc) is 3.34. The molecule has 124 valence electrons. The average molecular weight is 313 g/mol. The van der Waals surface area contributed by atoms with Gasteiger partial charge in [0, 0.05) is 18.0 Å². The largest absolute Gasteiger partial charge is 0.508 e. The second-order valence-corrected chi connectivity index (χ2v) is 8.46. The van der Waals surface area contributed by atoms with E-state index in [1.165, 1.54) is 36.9 Å². The first-order valence-corrected chi connectivity index (χ1v) is 9.41. The third kappa shape index (κ3) is 1.90. The lowest BCUT2D eigenvalue weighted by Crippen LogP contribution is -2.72. The zero-order valence-corrected chi connectivity index (χ0v) is 13.8. The van der Waals surface area contributed by atoms with Crippen molar-refractivity contribution in [2.45, 2.75) is 68.4 Å². The van der Waals surface area contributed by atoms with Gasteiger partial charge in [-0.15, -0.1) is 0 Å². The van der Waals surface area contributed by atoms with Gasteiger partial charge in [0.1, 0.15) is 5.75 Å². The maximum Gasteiger partial charge on any atom is 0.115 e. The Bertz CT molecular complexity index is 641. The monoisotopic (exact) mass is 313 g/mol. The summed E-state index contributed by atoms with van der Waals surface area (Å²) >= 11 is 0. The molecular weight excluding hydrogens is 286 g/mol. The van der Waals surface area contributed by atoms with Crippen molar-refractivity contribution < 1.29 is 10.2 Å². The van der Waals surface area contributed by atoms with E-state index in [-0.39, 0.29) is 11.5 Å². The molecule has 3 fully saturated rings. The number of aliphatic hydroxyl groups is 1. The molecule has 3 nitrogen and oxygen atoms in total. The summed E-state index contributed by atoms with van der Waals surface area (Å²) in [6.45, 7) is 2.29. The standard InChI is InChI=1S/C20H27NO2/c22-16-6-5-15-11-18-20(23)8-2-1-7-19(20,17(15)12-16)9-10-21(18)13-14-3-4-14/h5-6,12,14,18,22-23H,1-4,7-11,13H2/t18?,19-,20+/m0/s1. The van der Waals surface area contributed by atoms with Gasteiger partial charge in [-0.3, -0.25) is 4.90 Å². The third-order valence-electron chi connectivity index (χ3n) is 7.27. The Morgan fingerprint density at radius 1 is 1.13 bits per heavy atom. The first-order chi connectivity index (χ1) is 11.1. The Morgan fingerprint density at radius 2 is 1.96 bits per heavy atom. The number of nitrogens with zero attached hydrogens (tertiary/aromatic N) is 1. The topological polar surface area (TPSA) is 43.7 Å². The van der Waals surface area contributed by atoms with E-state index in [9.17, 15) is 10.2 Å². The summed E-state index contributed by atoms with van der Waals surface area (Å²) in [7, 11) is 0. The van der Waals surface area contributed by atoms with Gasteiger partial charge in [-0.2, -0.15) is 0 Å². The van der Waals surface area contributed by atoms with Crippen LogP contribution in [0.25, 0.3) is 0 Å². The molecule has 1 heterocycles. The van der Waals surface area contributed by atoms with Crippen molar-refractivity contribution in [3.05, 3.63) is 29.3 Å². The van der Waals surface area contributed by atoms with Gasteiger partial charge >= 0.3 is 0 Å². The van der Waals surface area contributed by atoms with Crippen molar-refractivity contribution in [1.82, 2.24) is 4.90 Å². The lowest BCUT2D eigenvalue weighted by molar-refractivity contribution is -0.166. The van der Waals surface area contributed by atoms with Crippen LogP contribution in [0, 0.1) is 5.92 Å². The van der Waals surface area contributed by atoms with Crippen LogP contribution in [-0.2, 0) is 11.8 Å². The van der Waals surface area contributed by atoms with Crippen LogP contribution in [0.4, 0.5) is 0 Å². The number of hydrogen-bond donors (Lipinski definition) is 2. The van der Waals surface area contributed by atoms with E-state index in [0.717, 1.165) is 44.6 Å². The Morgan fingerprint density at radius 3 is 2.78 bits per heavy atom. The minimum absolute atomic E-state index is 0.123. The number of phenols is 1. The number of phenolic OH excluding ortho intramolecular Hbond substituents is 1. The van der Waals surface area contributed by atoms with Crippen molar-refractivity contribution in [3.63, 3.8) is 0 Å². The maximum absolute atomic E-state index is 11.9. The predicted molar refractivity (Wildman–Crippen MR) is 89.6 cm³/mol. The van der Waals surface area contributed by atoms with E-state index in [1.807, 2.05) is 12.1 Å². The fraction of sp³-hybridized carbons (Fsp3) is 0.700. The van der Waals surface area contributed by atoms with E-state index in [2.05, 4.69) is 11.0 Å². The van der Waals surface area contributed by atoms with E-state index < -0.39 is 5.60 Å². The van der Waals surface area contributed by atoms with Gasteiger partial charge in [0.2, 0.25) is 0 Å². The van der Waals surface area contributed by atoms with Crippen LogP contribution in [0.3, 0.4) is 0 Å². The molecule has 1 aliphatic heterocycles. The molecule has 0 radical (unpaired) electrons. The van der Waals surface area contributed by atoms with Gasteiger partial charge in [-0.05, 0) is 74.2 Å². The van der Waals surface area contributed by atoms with Crippen LogP contribution in [-0.4, -0.2) is 39.8 Å². The number of hydrogen-bond acceptors (Lipinski definition) is 3. The summed E-state index contributed by atoms with van der Waals surface area (Å²) in [5.41, 5.74) is 1.89. The van der Waals surface area contributed by atoms with Crippen molar-refractivity contribution in [2.75, 3.05) is 13.1 Å². The van der Waals surface area contributed by atoms with Gasteiger partial charge in [-0.1, -0.05) is 18.9 Å². The SMILES string of the molecule is Oc1ccc2c(c1)[C@@]13CCCC[C@@]1(O)C(C2)N(CC1CC1)CC3. The molecule has 0 aromatic heterocycles. The predicted octanol–water partition coefficient (Wildman–Crippen LogP) is 2.98. The van der Waals surface area contributed by atoms with Crippen LogP contribution >= 0.6 is 0 Å². The Hall–Kier alpha value is -1.06. The quantitative estimate of drug-likeness (QED) is 0.882. The zero-order valence-electron chi connectivity index (χ0n) is 13.8. The lowest BCUT2D eigenvalue weighted by atomic mass is 9.49. The second-order valence-electron chi connectivity index (χ2n) is 8.46. The number of rotatable bonds is 2. The van der Waals surface area contributed by atoms with E-state index in [0.29, 0.717) is 5.75 Å². The van der Waals surface area contributed by atoms with Gasteiger partial charge in [0.15, 0.2) is 0 Å². The highest BCUT2D eigenvalue weighted by Crippen LogP contribution is 2.58. The molecule has 0 spiro atoms. The molecule has 1 aromatic carbocycles. The summed E-state index contributed by atoms with van der Waals surface area (Å²) in [4.78, 5) is 2.61. The molecule has 0 amide bonds. The van der Waals surface area contributed by atoms with Gasteiger partial charge < -0.3 is 10.2 Å². The van der Waals surface area contributed by atoms with Crippen molar-refractivity contribution in [2.24, 2.45) is 5.92 Å². The van der Waals surface area contributed by atoms with E-state index in [4.69, 9.17) is 0 Å². The number of benzene rings is 1. The molecule has 1 aromatic rings. The number of likely N-dealkylation sites (tertiary alicyclic amines) is 1. The lowest BCUT2D eigenvalue weighted by Gasteiger charge is -2.64. The first-order valence-electron chi connectivity index (χ1n) is 9.41. The summed E-state index contributed by atoms with van der Waals surface area (Å²) in [5, 5.41) is 21.9. The van der Waals surface area contributed by atoms with Gasteiger partial charge in [0.05, 0.1) is 5.60 Å². The van der Waals surface area contributed by atoms with Crippen LogP contribution in [0.15, 0.2) is 18.2 Å². The Labute approximate surface area is 138 Å². The molecule has 23 heavy (non-hydrogen) atoms. The zero-order chi connectivity index (χ0) is 15.7. The van der Waals surface area contributed by atoms with Crippen LogP contribution in [0.1, 0.15) is 56.1 Å². The second kappa shape index (κ2) is 4.73. The van der Waals surface area contributed by atoms with Crippen LogP contribution in [0.2, 0.25) is 0 Å². The molecule has 5 rings (SSSR count). The molecule has 3 heteroatoms. The van der Waals surface area contributed by atoms with E-state index >= 15 is 0 Å². The Kier molecular flexibility index (Phi) is 2.94. The maximum atomic E-state index is 11.9. The highest BCUT2D eigenvalue weighted by atomic mass is 16.3. The highest BCUT2D eigenvalue weighted by molar-refractivity contribution is 5.48. The van der Waals surface area contributed by atoms with Gasteiger partial charge in [-0.25, -0.2) is 0 Å². The van der Waals surface area contributed by atoms with Gasteiger partial charge in [0.25, 0.3) is 0 Å². The number of fused-ring (bicyclic) bond motifs is 1. The molecule has 2 N–H and O–H groups in total. The third-order valence-corrected chi connectivity index (χ3v) is 7.27. The minimum Gasteiger partial charge on any atom is -0.508 e. The molecule has 1 saturated heterocycles. The summed E-state index contributed by atoms with van der Waals surface area (Å²) < 4.78 is 0. The van der Waals surface area contributed by atoms with E-state index in [1.54, 1.807) is 0 Å². The highest BCUT2D eigenvalue weighted by Gasteiger charge is 2.63. The fourth-order valence-corrected chi connectivity index (χ4v) is 5.94. The fourth-order valence-electron chi connectivity index (χ4n) is 5.94. The summed E-state index contributed by atoms with van der Waals surface area (Å²) in [5.74, 6) is 1.22. The molecular formula is C20H27NO2. The summed E-state index contributed by atoms with van der Waals surface area (Å²) in [6.07, 6.45) is 9.08. The molecule has 3 aliphatic carbocycles. The molecule has 3 atom stereocenters. The summed E-state index contributed by atoms with van der Waals surface area (Å²) in [6, 6.07) is 6.16. The molecule has 2 saturated carbocycles. The van der Waals surface area contributed by atoms with Crippen molar-refractivity contribution >= 4 is 0 Å².